The molecule has 2 heterocycles. The number of ether oxygens (including phenoxy) is 2. The Balaban J connectivity index is 1.76. The molecule has 0 aliphatic carbocycles. The number of pyridine rings is 1. The average molecular weight is 326 g/mol. The summed E-state index contributed by atoms with van der Waals surface area (Å²) in [6, 6.07) is 13.6. The number of aromatic nitrogens is 1. The molecule has 1 aliphatic heterocycles. The maximum atomic E-state index is 12.9. The highest BCUT2D eigenvalue weighted by molar-refractivity contribution is 5.79. The zero-order valence-electron chi connectivity index (χ0n) is 13.9. The molecule has 5 heteroatoms. The van der Waals surface area contributed by atoms with Crippen LogP contribution in [0.1, 0.15) is 17.7 Å². The number of nitrogens with zero attached hydrogens (tertiary/aromatic N) is 2. The predicted molar refractivity (Wildman–Crippen MR) is 90.4 cm³/mol. The summed E-state index contributed by atoms with van der Waals surface area (Å²) in [6.45, 7) is 2.23. The first-order chi connectivity index (χ1) is 11.8. The highest BCUT2D eigenvalue weighted by Gasteiger charge is 2.28. The molecule has 0 saturated carbocycles. The van der Waals surface area contributed by atoms with Crippen LogP contribution in [0, 0.1) is 5.92 Å². The van der Waals surface area contributed by atoms with Crippen molar-refractivity contribution in [3.63, 3.8) is 0 Å². The first-order valence-electron chi connectivity index (χ1n) is 8.15. The van der Waals surface area contributed by atoms with E-state index in [1.165, 1.54) is 0 Å². The average Bonchev–Trinajstić information content (AvgIpc) is 3.17. The van der Waals surface area contributed by atoms with Crippen LogP contribution in [-0.2, 0) is 22.6 Å². The maximum absolute atomic E-state index is 12.9. The fourth-order valence-corrected chi connectivity index (χ4v) is 2.84. The van der Waals surface area contributed by atoms with E-state index < -0.39 is 0 Å². The summed E-state index contributed by atoms with van der Waals surface area (Å²) in [4.78, 5) is 19.1. The van der Waals surface area contributed by atoms with Gasteiger partial charge in [0.2, 0.25) is 5.91 Å². The van der Waals surface area contributed by atoms with Crippen molar-refractivity contribution in [2.45, 2.75) is 19.5 Å². The zero-order chi connectivity index (χ0) is 16.8. The van der Waals surface area contributed by atoms with E-state index in [0.29, 0.717) is 26.3 Å². The van der Waals surface area contributed by atoms with Gasteiger partial charge in [0.05, 0.1) is 31.9 Å². The van der Waals surface area contributed by atoms with Crippen LogP contribution in [0.4, 0.5) is 0 Å². The maximum Gasteiger partial charge on any atom is 0.228 e. The van der Waals surface area contributed by atoms with Gasteiger partial charge in [-0.05, 0) is 36.2 Å². The number of benzene rings is 1. The zero-order valence-corrected chi connectivity index (χ0v) is 13.9. The van der Waals surface area contributed by atoms with E-state index >= 15 is 0 Å². The minimum atomic E-state index is -0.0491. The Labute approximate surface area is 142 Å². The summed E-state index contributed by atoms with van der Waals surface area (Å²) < 4.78 is 10.6. The smallest absolute Gasteiger partial charge is 0.228 e. The molecule has 1 aromatic heterocycles. The number of carbonyl (C=O) groups is 1. The Morgan fingerprint density at radius 3 is 2.71 bits per heavy atom. The molecule has 0 bridgehead atoms. The lowest BCUT2D eigenvalue weighted by Crippen LogP contribution is -2.35. The Bertz CT molecular complexity index is 652. The number of carbonyl (C=O) groups excluding carboxylic acids is 1. The predicted octanol–water partition coefficient (Wildman–Crippen LogP) is 2.66. The molecule has 0 radical (unpaired) electrons. The van der Waals surface area contributed by atoms with E-state index in [1.54, 1.807) is 13.3 Å². The lowest BCUT2D eigenvalue weighted by Gasteiger charge is -2.25. The standard InChI is InChI=1S/C19H22N2O3/c1-23-18-7-5-15(6-8-18)12-21(13-17-4-2-3-10-20-17)19(22)16-9-11-24-14-16/h2-8,10,16H,9,11-14H2,1H3. The van der Waals surface area contributed by atoms with Gasteiger partial charge in [0.25, 0.3) is 0 Å². The summed E-state index contributed by atoms with van der Waals surface area (Å²) in [5.74, 6) is 0.895. The molecule has 1 saturated heterocycles. The van der Waals surface area contributed by atoms with Gasteiger partial charge in [0.15, 0.2) is 0 Å². The van der Waals surface area contributed by atoms with Crippen molar-refractivity contribution < 1.29 is 14.3 Å². The molecule has 1 aromatic carbocycles. The minimum absolute atomic E-state index is 0.0491. The van der Waals surface area contributed by atoms with Crippen LogP contribution >= 0.6 is 0 Å². The van der Waals surface area contributed by atoms with Crippen LogP contribution in [-0.4, -0.2) is 36.1 Å². The number of rotatable bonds is 6. The van der Waals surface area contributed by atoms with Gasteiger partial charge < -0.3 is 14.4 Å². The van der Waals surface area contributed by atoms with Crippen molar-refractivity contribution in [2.24, 2.45) is 5.92 Å². The molecule has 1 fully saturated rings. The molecule has 2 aromatic rings. The normalized spacial score (nSPS) is 16.8. The highest BCUT2D eigenvalue weighted by Crippen LogP contribution is 2.20. The highest BCUT2D eigenvalue weighted by atomic mass is 16.5. The fraction of sp³-hybridized carbons (Fsp3) is 0.368. The summed E-state index contributed by atoms with van der Waals surface area (Å²) in [6.07, 6.45) is 2.55. The van der Waals surface area contributed by atoms with E-state index in [1.807, 2.05) is 47.4 Å². The second kappa shape index (κ2) is 7.93. The number of hydrogen-bond acceptors (Lipinski definition) is 4. The second-order valence-corrected chi connectivity index (χ2v) is 5.92. The topological polar surface area (TPSA) is 51.7 Å². The Kier molecular flexibility index (Phi) is 5.43. The lowest BCUT2D eigenvalue weighted by molar-refractivity contribution is -0.136. The Morgan fingerprint density at radius 2 is 2.08 bits per heavy atom. The van der Waals surface area contributed by atoms with Gasteiger partial charge in [-0.1, -0.05) is 18.2 Å². The number of hydrogen-bond donors (Lipinski definition) is 0. The monoisotopic (exact) mass is 326 g/mol. The molecule has 1 amide bonds. The summed E-state index contributed by atoms with van der Waals surface area (Å²) in [5, 5.41) is 0. The van der Waals surface area contributed by atoms with Gasteiger partial charge in [0, 0.05) is 19.3 Å². The molecule has 0 spiro atoms. The van der Waals surface area contributed by atoms with Crippen LogP contribution in [0.3, 0.4) is 0 Å². The SMILES string of the molecule is COc1ccc(CN(Cc2ccccn2)C(=O)C2CCOC2)cc1. The van der Waals surface area contributed by atoms with Gasteiger partial charge in [-0.15, -0.1) is 0 Å². The molecule has 126 valence electrons. The lowest BCUT2D eigenvalue weighted by atomic mass is 10.1. The third kappa shape index (κ3) is 4.11. The molecule has 1 atom stereocenters. The van der Waals surface area contributed by atoms with E-state index in [9.17, 15) is 4.79 Å². The first-order valence-corrected chi connectivity index (χ1v) is 8.15. The van der Waals surface area contributed by atoms with E-state index in [4.69, 9.17) is 9.47 Å². The fourth-order valence-electron chi connectivity index (χ4n) is 2.84. The quantitative estimate of drug-likeness (QED) is 0.819. The second-order valence-electron chi connectivity index (χ2n) is 5.92. The number of amides is 1. The largest absolute Gasteiger partial charge is 0.497 e. The van der Waals surface area contributed by atoms with Crippen molar-refractivity contribution >= 4 is 5.91 Å². The molecule has 24 heavy (non-hydrogen) atoms. The third-order valence-corrected chi connectivity index (χ3v) is 4.20. The third-order valence-electron chi connectivity index (χ3n) is 4.20. The molecule has 5 nitrogen and oxygen atoms in total. The molecule has 1 unspecified atom stereocenters. The molecule has 3 rings (SSSR count). The Morgan fingerprint density at radius 1 is 1.25 bits per heavy atom. The van der Waals surface area contributed by atoms with Crippen LogP contribution in [0.25, 0.3) is 0 Å². The van der Waals surface area contributed by atoms with Gasteiger partial charge in [-0.3, -0.25) is 9.78 Å². The van der Waals surface area contributed by atoms with Gasteiger partial charge in [-0.25, -0.2) is 0 Å². The van der Waals surface area contributed by atoms with Crippen LogP contribution in [0.5, 0.6) is 5.75 Å². The van der Waals surface area contributed by atoms with Gasteiger partial charge >= 0.3 is 0 Å². The van der Waals surface area contributed by atoms with Crippen LogP contribution in [0.2, 0.25) is 0 Å². The Hall–Kier alpha value is -2.40. The van der Waals surface area contributed by atoms with Crippen molar-refractivity contribution in [2.75, 3.05) is 20.3 Å². The summed E-state index contributed by atoms with van der Waals surface area (Å²) in [5.41, 5.74) is 1.96. The number of methoxy groups -OCH3 is 1. The molecular formula is C19H22N2O3. The van der Waals surface area contributed by atoms with E-state index in [-0.39, 0.29) is 11.8 Å². The van der Waals surface area contributed by atoms with Crippen LogP contribution in [0.15, 0.2) is 48.7 Å². The first kappa shape index (κ1) is 16.5. The van der Waals surface area contributed by atoms with Crippen LogP contribution < -0.4 is 4.74 Å². The van der Waals surface area contributed by atoms with Crippen molar-refractivity contribution in [1.29, 1.82) is 0 Å². The summed E-state index contributed by atoms with van der Waals surface area (Å²) >= 11 is 0. The molecule has 1 aliphatic rings. The van der Waals surface area contributed by atoms with Gasteiger partial charge in [0.1, 0.15) is 5.75 Å². The molecular weight excluding hydrogens is 304 g/mol. The van der Waals surface area contributed by atoms with Crippen molar-refractivity contribution in [3.05, 3.63) is 59.9 Å². The van der Waals surface area contributed by atoms with E-state index in [2.05, 4.69) is 4.98 Å². The van der Waals surface area contributed by atoms with Gasteiger partial charge in [-0.2, -0.15) is 0 Å². The molecule has 0 N–H and O–H groups in total. The summed E-state index contributed by atoms with van der Waals surface area (Å²) in [7, 11) is 1.64. The van der Waals surface area contributed by atoms with E-state index in [0.717, 1.165) is 23.4 Å². The van der Waals surface area contributed by atoms with Crippen molar-refractivity contribution in [1.82, 2.24) is 9.88 Å². The minimum Gasteiger partial charge on any atom is -0.497 e. The van der Waals surface area contributed by atoms with Crippen molar-refractivity contribution in [3.8, 4) is 5.75 Å².